The van der Waals surface area contributed by atoms with E-state index >= 15 is 0 Å². The SMILES string of the molecule is CC(OC(N)=O)OC(=O)C(C)(C)C. The van der Waals surface area contributed by atoms with Gasteiger partial charge < -0.3 is 15.2 Å². The molecular weight excluding hydrogens is 174 g/mol. The molecule has 5 heteroatoms. The monoisotopic (exact) mass is 189 g/mol. The summed E-state index contributed by atoms with van der Waals surface area (Å²) >= 11 is 0. The van der Waals surface area contributed by atoms with E-state index in [1.807, 2.05) is 0 Å². The van der Waals surface area contributed by atoms with Crippen LogP contribution in [0.5, 0.6) is 0 Å². The second-order valence-electron chi connectivity index (χ2n) is 3.66. The topological polar surface area (TPSA) is 78.6 Å². The lowest BCUT2D eigenvalue weighted by molar-refractivity contribution is -0.174. The number of ether oxygens (including phenoxy) is 2. The zero-order valence-corrected chi connectivity index (χ0v) is 8.29. The Bertz CT molecular complexity index is 207. The van der Waals surface area contributed by atoms with Crippen molar-refractivity contribution in [2.75, 3.05) is 0 Å². The third kappa shape index (κ3) is 5.05. The molecule has 0 rings (SSSR count). The van der Waals surface area contributed by atoms with Crippen LogP contribution in [0.15, 0.2) is 0 Å². The molecule has 0 radical (unpaired) electrons. The Morgan fingerprint density at radius 1 is 1.23 bits per heavy atom. The Balaban J connectivity index is 4.00. The summed E-state index contributed by atoms with van der Waals surface area (Å²) in [6, 6.07) is 0. The molecule has 0 spiro atoms. The molecule has 1 atom stereocenters. The van der Waals surface area contributed by atoms with Gasteiger partial charge in [0.25, 0.3) is 0 Å². The normalized spacial score (nSPS) is 13.2. The molecular formula is C8H15NO4. The van der Waals surface area contributed by atoms with Gasteiger partial charge in [-0.2, -0.15) is 0 Å². The van der Waals surface area contributed by atoms with E-state index in [2.05, 4.69) is 4.74 Å². The van der Waals surface area contributed by atoms with E-state index in [9.17, 15) is 9.59 Å². The molecule has 13 heavy (non-hydrogen) atoms. The van der Waals surface area contributed by atoms with Crippen LogP contribution in [0, 0.1) is 5.41 Å². The highest BCUT2D eigenvalue weighted by Gasteiger charge is 2.25. The predicted octanol–water partition coefficient (Wildman–Crippen LogP) is 1.02. The molecule has 76 valence electrons. The first kappa shape index (κ1) is 11.7. The van der Waals surface area contributed by atoms with E-state index in [-0.39, 0.29) is 0 Å². The highest BCUT2D eigenvalue weighted by Crippen LogP contribution is 2.16. The maximum absolute atomic E-state index is 11.2. The van der Waals surface area contributed by atoms with E-state index in [1.165, 1.54) is 6.92 Å². The number of amides is 1. The molecule has 5 nitrogen and oxygen atoms in total. The molecule has 0 aromatic rings. The van der Waals surface area contributed by atoms with Crippen LogP contribution in [0.2, 0.25) is 0 Å². The molecule has 0 saturated heterocycles. The quantitative estimate of drug-likeness (QED) is 0.519. The van der Waals surface area contributed by atoms with Crippen molar-refractivity contribution in [3.63, 3.8) is 0 Å². The number of hydrogen-bond donors (Lipinski definition) is 1. The average molecular weight is 189 g/mol. The standard InChI is InChI=1S/C8H15NO4/c1-5(13-7(9)11)12-6(10)8(2,3)4/h5H,1-4H3,(H2,9,11). The van der Waals surface area contributed by atoms with E-state index in [0.29, 0.717) is 0 Å². The molecule has 0 fully saturated rings. The third-order valence-electron chi connectivity index (χ3n) is 1.17. The van der Waals surface area contributed by atoms with E-state index in [1.54, 1.807) is 20.8 Å². The molecule has 1 unspecified atom stereocenters. The van der Waals surface area contributed by atoms with E-state index < -0.39 is 23.8 Å². The van der Waals surface area contributed by atoms with E-state index in [0.717, 1.165) is 0 Å². The molecule has 0 saturated carbocycles. The molecule has 2 N–H and O–H groups in total. The first-order valence-electron chi connectivity index (χ1n) is 3.90. The fourth-order valence-electron chi connectivity index (χ4n) is 0.515. The Morgan fingerprint density at radius 3 is 2.00 bits per heavy atom. The lowest BCUT2D eigenvalue weighted by Gasteiger charge is -2.19. The van der Waals surface area contributed by atoms with Crippen LogP contribution < -0.4 is 5.73 Å². The van der Waals surface area contributed by atoms with E-state index in [4.69, 9.17) is 10.5 Å². The summed E-state index contributed by atoms with van der Waals surface area (Å²) in [6.45, 7) is 6.53. The predicted molar refractivity (Wildman–Crippen MR) is 45.7 cm³/mol. The molecule has 0 aromatic heterocycles. The van der Waals surface area contributed by atoms with Crippen molar-refractivity contribution in [2.45, 2.75) is 34.0 Å². The highest BCUT2D eigenvalue weighted by atomic mass is 16.7. The summed E-state index contributed by atoms with van der Waals surface area (Å²) in [6.07, 6.45) is -1.90. The molecule has 0 heterocycles. The van der Waals surface area contributed by atoms with Crippen LogP contribution >= 0.6 is 0 Å². The minimum Gasteiger partial charge on any atom is -0.425 e. The van der Waals surface area contributed by atoms with Crippen LogP contribution in [0.3, 0.4) is 0 Å². The number of nitrogens with two attached hydrogens (primary N) is 1. The minimum atomic E-state index is -0.964. The van der Waals surface area contributed by atoms with Gasteiger partial charge in [-0.25, -0.2) is 4.79 Å². The largest absolute Gasteiger partial charge is 0.425 e. The van der Waals surface area contributed by atoms with Gasteiger partial charge in [0.2, 0.25) is 6.29 Å². The minimum absolute atomic E-state index is 0.443. The second kappa shape index (κ2) is 4.11. The van der Waals surface area contributed by atoms with Gasteiger partial charge in [-0.3, -0.25) is 4.79 Å². The summed E-state index contributed by atoms with van der Waals surface area (Å²) in [5.74, 6) is -0.443. The molecule has 0 bridgehead atoms. The fourth-order valence-corrected chi connectivity index (χ4v) is 0.515. The van der Waals surface area contributed by atoms with Crippen LogP contribution in [-0.2, 0) is 14.3 Å². The molecule has 0 aliphatic carbocycles. The Hall–Kier alpha value is -1.26. The van der Waals surface area contributed by atoms with Crippen LogP contribution in [-0.4, -0.2) is 18.4 Å². The van der Waals surface area contributed by atoms with Crippen molar-refractivity contribution in [2.24, 2.45) is 11.1 Å². The molecule has 0 aliphatic heterocycles. The van der Waals surface area contributed by atoms with Crippen molar-refractivity contribution >= 4 is 12.1 Å². The van der Waals surface area contributed by atoms with Gasteiger partial charge in [0.15, 0.2) is 0 Å². The number of hydrogen-bond acceptors (Lipinski definition) is 4. The second-order valence-corrected chi connectivity index (χ2v) is 3.66. The first-order valence-corrected chi connectivity index (χ1v) is 3.90. The average Bonchev–Trinajstić information content (AvgIpc) is 1.82. The summed E-state index contributed by atoms with van der Waals surface area (Å²) < 4.78 is 9.18. The van der Waals surface area contributed by atoms with Gasteiger partial charge in [-0.1, -0.05) is 0 Å². The van der Waals surface area contributed by atoms with Crippen molar-refractivity contribution in [1.82, 2.24) is 0 Å². The van der Waals surface area contributed by atoms with Crippen molar-refractivity contribution in [3.05, 3.63) is 0 Å². The van der Waals surface area contributed by atoms with Gasteiger partial charge in [-0.15, -0.1) is 0 Å². The number of carbonyl (C=O) groups is 2. The van der Waals surface area contributed by atoms with Crippen molar-refractivity contribution in [1.29, 1.82) is 0 Å². The Morgan fingerprint density at radius 2 is 1.69 bits per heavy atom. The molecule has 0 aromatic carbocycles. The van der Waals surface area contributed by atoms with Crippen LogP contribution in [0.25, 0.3) is 0 Å². The number of primary amides is 1. The zero-order chi connectivity index (χ0) is 10.6. The Labute approximate surface area is 77.2 Å². The van der Waals surface area contributed by atoms with Gasteiger partial charge in [0.1, 0.15) is 0 Å². The molecule has 0 aliphatic rings. The summed E-state index contributed by atoms with van der Waals surface area (Å²) in [5.41, 5.74) is 4.11. The highest BCUT2D eigenvalue weighted by molar-refractivity contribution is 5.75. The summed E-state index contributed by atoms with van der Waals surface area (Å²) in [5, 5.41) is 0. The third-order valence-corrected chi connectivity index (χ3v) is 1.17. The van der Waals surface area contributed by atoms with Crippen molar-refractivity contribution < 1.29 is 19.1 Å². The molecule has 1 amide bonds. The smallest absolute Gasteiger partial charge is 0.407 e. The lowest BCUT2D eigenvalue weighted by atomic mass is 9.97. The zero-order valence-electron chi connectivity index (χ0n) is 8.29. The van der Waals surface area contributed by atoms with Gasteiger partial charge in [0, 0.05) is 6.92 Å². The van der Waals surface area contributed by atoms with Gasteiger partial charge in [-0.05, 0) is 20.8 Å². The lowest BCUT2D eigenvalue weighted by Crippen LogP contribution is -2.30. The number of esters is 1. The number of carbonyl (C=O) groups excluding carboxylic acids is 2. The maximum Gasteiger partial charge on any atom is 0.407 e. The summed E-state index contributed by atoms with van der Waals surface area (Å²) in [4.78, 5) is 21.5. The number of rotatable bonds is 2. The first-order chi connectivity index (χ1) is 5.73. The fraction of sp³-hybridized carbons (Fsp3) is 0.750. The Kier molecular flexibility index (Phi) is 3.71. The summed E-state index contributed by atoms with van der Waals surface area (Å²) in [7, 11) is 0. The van der Waals surface area contributed by atoms with Gasteiger partial charge in [0.05, 0.1) is 5.41 Å². The van der Waals surface area contributed by atoms with Crippen LogP contribution in [0.1, 0.15) is 27.7 Å². The maximum atomic E-state index is 11.2. The van der Waals surface area contributed by atoms with Gasteiger partial charge >= 0.3 is 12.1 Å². The van der Waals surface area contributed by atoms with Crippen molar-refractivity contribution in [3.8, 4) is 0 Å². The van der Waals surface area contributed by atoms with Crippen LogP contribution in [0.4, 0.5) is 4.79 Å².